The number of carbonyl (C=O) groups is 1. The molecule has 1 aromatic heterocycles. The number of sulfonamides is 1. The van der Waals surface area contributed by atoms with Crippen LogP contribution in [0.2, 0.25) is 4.34 Å². The third-order valence-corrected chi connectivity index (χ3v) is 7.64. The number of carbonyl (C=O) groups excluding carboxylic acids is 1. The lowest BCUT2D eigenvalue weighted by Gasteiger charge is -2.22. The third kappa shape index (κ3) is 4.58. The van der Waals surface area contributed by atoms with Crippen LogP contribution in [0.1, 0.15) is 5.56 Å². The van der Waals surface area contributed by atoms with Gasteiger partial charge in [-0.05, 0) is 23.8 Å². The quantitative estimate of drug-likeness (QED) is 0.676. The molecule has 0 bridgehead atoms. The molecule has 1 amide bonds. The van der Waals surface area contributed by atoms with Crippen LogP contribution in [0.5, 0.6) is 0 Å². The summed E-state index contributed by atoms with van der Waals surface area (Å²) >= 11 is 10.2. The molecule has 24 heavy (non-hydrogen) atoms. The fourth-order valence-electron chi connectivity index (χ4n) is 1.96. The zero-order chi connectivity index (χ0) is 17.9. The molecule has 0 saturated carbocycles. The first kappa shape index (κ1) is 19.4. The Bertz CT molecular complexity index is 839. The molecule has 0 radical (unpaired) electrons. The Morgan fingerprint density at radius 1 is 1.21 bits per heavy atom. The number of amides is 1. The summed E-state index contributed by atoms with van der Waals surface area (Å²) in [4.78, 5) is 13.8. The lowest BCUT2D eigenvalue weighted by molar-refractivity contribution is -0.130. The molecule has 5 nitrogen and oxygen atoms in total. The number of halogens is 2. The lowest BCUT2D eigenvalue weighted by Crippen LogP contribution is -2.38. The predicted molar refractivity (Wildman–Crippen MR) is 99.8 cm³/mol. The maximum Gasteiger partial charge on any atom is 0.252 e. The molecule has 0 atom stereocenters. The van der Waals surface area contributed by atoms with Crippen molar-refractivity contribution in [1.82, 2.24) is 9.21 Å². The highest BCUT2D eigenvalue weighted by molar-refractivity contribution is 9.10. The molecule has 0 saturated heterocycles. The molecule has 0 aliphatic heterocycles. The number of hydrogen-bond donors (Lipinski definition) is 0. The maximum atomic E-state index is 12.4. The summed E-state index contributed by atoms with van der Waals surface area (Å²) in [5.41, 5.74) is 0.948. The van der Waals surface area contributed by atoms with Gasteiger partial charge in [0, 0.05) is 25.1 Å². The first-order valence-corrected chi connectivity index (χ1v) is 10.3. The van der Waals surface area contributed by atoms with Crippen LogP contribution >= 0.6 is 38.9 Å². The highest BCUT2D eigenvalue weighted by atomic mass is 79.9. The fraction of sp³-hybridized carbons (Fsp3) is 0.267. The molecule has 0 aliphatic carbocycles. The molecule has 0 spiro atoms. The first-order chi connectivity index (χ1) is 11.2. The minimum absolute atomic E-state index is 0.122. The van der Waals surface area contributed by atoms with E-state index in [4.69, 9.17) is 11.6 Å². The zero-order valence-corrected chi connectivity index (χ0v) is 17.0. The summed E-state index contributed by atoms with van der Waals surface area (Å²) in [5, 5.41) is 0. The van der Waals surface area contributed by atoms with Gasteiger partial charge < -0.3 is 4.90 Å². The van der Waals surface area contributed by atoms with Crippen LogP contribution in [0.4, 0.5) is 0 Å². The van der Waals surface area contributed by atoms with Crippen molar-refractivity contribution in [2.75, 3.05) is 20.6 Å². The number of rotatable bonds is 6. The lowest BCUT2D eigenvalue weighted by atomic mass is 10.2. The van der Waals surface area contributed by atoms with Crippen LogP contribution in [-0.4, -0.2) is 44.2 Å². The first-order valence-electron chi connectivity index (χ1n) is 6.91. The molecule has 2 aromatic rings. The summed E-state index contributed by atoms with van der Waals surface area (Å²) in [6.45, 7) is 0.151. The van der Waals surface area contributed by atoms with Crippen molar-refractivity contribution in [3.05, 3.63) is 50.8 Å². The number of nitrogens with zero attached hydrogens (tertiary/aromatic N) is 2. The van der Waals surface area contributed by atoms with Gasteiger partial charge in [-0.3, -0.25) is 4.79 Å². The van der Waals surface area contributed by atoms with E-state index in [1.807, 2.05) is 24.3 Å². The van der Waals surface area contributed by atoms with Crippen LogP contribution < -0.4 is 0 Å². The summed E-state index contributed by atoms with van der Waals surface area (Å²) in [6, 6.07) is 10.5. The van der Waals surface area contributed by atoms with Gasteiger partial charge in [-0.25, -0.2) is 8.42 Å². The standard InChI is InChI=1S/C15H16BrClN2O3S2/c1-18(9-11-5-3-4-6-12(11)16)14(20)10-19(2)24(21,22)15-8-7-13(17)23-15/h3-8H,9-10H2,1-2H3. The van der Waals surface area contributed by atoms with Gasteiger partial charge in [0.25, 0.3) is 10.0 Å². The second kappa shape index (κ2) is 7.97. The van der Waals surface area contributed by atoms with Crippen molar-refractivity contribution < 1.29 is 13.2 Å². The Balaban J connectivity index is 2.04. The predicted octanol–water partition coefficient (Wildman–Crippen LogP) is 3.44. The second-order valence-corrected chi connectivity index (χ2v) is 10.0. The van der Waals surface area contributed by atoms with E-state index in [-0.39, 0.29) is 16.7 Å². The molecule has 1 heterocycles. The normalized spacial score (nSPS) is 11.7. The van der Waals surface area contributed by atoms with E-state index in [1.165, 1.54) is 24.1 Å². The maximum absolute atomic E-state index is 12.4. The summed E-state index contributed by atoms with van der Waals surface area (Å²) in [7, 11) is -0.692. The van der Waals surface area contributed by atoms with Gasteiger partial charge >= 0.3 is 0 Å². The van der Waals surface area contributed by atoms with Gasteiger partial charge in [0.1, 0.15) is 4.21 Å². The van der Waals surface area contributed by atoms with Gasteiger partial charge in [-0.1, -0.05) is 45.7 Å². The average molecular weight is 452 g/mol. The summed E-state index contributed by atoms with van der Waals surface area (Å²) < 4.78 is 27.3. The zero-order valence-electron chi connectivity index (χ0n) is 13.1. The van der Waals surface area contributed by atoms with Crippen molar-refractivity contribution in [2.45, 2.75) is 10.8 Å². The van der Waals surface area contributed by atoms with E-state index >= 15 is 0 Å². The summed E-state index contributed by atoms with van der Waals surface area (Å²) in [6.07, 6.45) is 0. The van der Waals surface area contributed by atoms with E-state index in [1.54, 1.807) is 7.05 Å². The van der Waals surface area contributed by atoms with E-state index in [0.29, 0.717) is 10.9 Å². The molecule has 0 unspecified atom stereocenters. The Hall–Kier alpha value is -0.930. The number of benzene rings is 1. The number of thiophene rings is 1. The molecule has 130 valence electrons. The van der Waals surface area contributed by atoms with Gasteiger partial charge in [0.2, 0.25) is 5.91 Å². The van der Waals surface area contributed by atoms with E-state index in [0.717, 1.165) is 25.7 Å². The Morgan fingerprint density at radius 3 is 2.46 bits per heavy atom. The smallest absolute Gasteiger partial charge is 0.252 e. The Morgan fingerprint density at radius 2 is 1.88 bits per heavy atom. The van der Waals surface area contributed by atoms with Crippen LogP contribution in [-0.2, 0) is 21.4 Å². The van der Waals surface area contributed by atoms with Crippen LogP contribution in [0.15, 0.2) is 45.1 Å². The minimum atomic E-state index is -3.72. The summed E-state index contributed by atoms with van der Waals surface area (Å²) in [5.74, 6) is -0.292. The van der Waals surface area contributed by atoms with Crippen LogP contribution in [0, 0.1) is 0 Å². The van der Waals surface area contributed by atoms with Crippen LogP contribution in [0.3, 0.4) is 0 Å². The highest BCUT2D eigenvalue weighted by Crippen LogP contribution is 2.27. The molecule has 9 heteroatoms. The monoisotopic (exact) mass is 450 g/mol. The average Bonchev–Trinajstić information content (AvgIpc) is 2.96. The second-order valence-electron chi connectivity index (χ2n) is 5.16. The topological polar surface area (TPSA) is 57.7 Å². The van der Waals surface area contributed by atoms with Gasteiger partial charge in [0.15, 0.2) is 0 Å². The number of likely N-dealkylation sites (N-methyl/N-ethyl adjacent to an activating group) is 2. The molecule has 2 rings (SSSR count). The SMILES string of the molecule is CN(Cc1ccccc1Br)C(=O)CN(C)S(=O)(=O)c1ccc(Cl)s1. The molecule has 1 aromatic carbocycles. The van der Waals surface area contributed by atoms with E-state index < -0.39 is 10.0 Å². The van der Waals surface area contributed by atoms with Crippen molar-refractivity contribution in [1.29, 1.82) is 0 Å². The van der Waals surface area contributed by atoms with Gasteiger partial charge in [-0.15, -0.1) is 11.3 Å². The molecule has 0 fully saturated rings. The largest absolute Gasteiger partial charge is 0.340 e. The van der Waals surface area contributed by atoms with Gasteiger partial charge in [0.05, 0.1) is 10.9 Å². The van der Waals surface area contributed by atoms with E-state index in [9.17, 15) is 13.2 Å². The molecule has 0 aliphatic rings. The third-order valence-electron chi connectivity index (χ3n) is 3.36. The Kier molecular flexibility index (Phi) is 6.44. The van der Waals surface area contributed by atoms with Crippen LogP contribution in [0.25, 0.3) is 0 Å². The van der Waals surface area contributed by atoms with Crippen molar-refractivity contribution in [3.63, 3.8) is 0 Å². The van der Waals surface area contributed by atoms with Crippen molar-refractivity contribution in [3.8, 4) is 0 Å². The highest BCUT2D eigenvalue weighted by Gasteiger charge is 2.25. The molecular weight excluding hydrogens is 436 g/mol. The Labute approximate surface area is 159 Å². The van der Waals surface area contributed by atoms with Gasteiger partial charge in [-0.2, -0.15) is 4.31 Å². The number of hydrogen-bond acceptors (Lipinski definition) is 4. The molecule has 0 N–H and O–H groups in total. The van der Waals surface area contributed by atoms with E-state index in [2.05, 4.69) is 15.9 Å². The minimum Gasteiger partial charge on any atom is -0.340 e. The van der Waals surface area contributed by atoms with Crippen molar-refractivity contribution in [2.24, 2.45) is 0 Å². The van der Waals surface area contributed by atoms with Crippen molar-refractivity contribution >= 4 is 54.8 Å². The fourth-order valence-corrected chi connectivity index (χ4v) is 5.18. The molecular formula is C15H16BrClN2O3S2.